The molecule has 16 atom stereocenters. The third kappa shape index (κ3) is 4.84. The Bertz CT molecular complexity index is 1070. The van der Waals surface area contributed by atoms with Crippen LogP contribution in [0.15, 0.2) is 0 Å². The van der Waals surface area contributed by atoms with Crippen LogP contribution in [0.25, 0.3) is 0 Å². The zero-order chi connectivity index (χ0) is 31.1. The first-order chi connectivity index (χ1) is 20.3. The zero-order valence-electron chi connectivity index (χ0n) is 26.1. The normalized spacial score (nSPS) is 50.2. The van der Waals surface area contributed by atoms with Gasteiger partial charge in [-0.05, 0) is 80.0 Å². The van der Waals surface area contributed by atoms with Gasteiger partial charge in [-0.25, -0.2) is 4.79 Å². The molecule has 10 nitrogen and oxygen atoms in total. The first-order valence-electron chi connectivity index (χ1n) is 16.7. The van der Waals surface area contributed by atoms with Crippen molar-refractivity contribution in [1.82, 2.24) is 0 Å². The summed E-state index contributed by atoms with van der Waals surface area (Å²) in [6, 6.07) is 0. The van der Waals surface area contributed by atoms with Gasteiger partial charge in [0.05, 0.1) is 19.3 Å². The molecular formula is C33H52O10. The molecule has 6 aliphatic rings. The van der Waals surface area contributed by atoms with Crippen molar-refractivity contribution in [1.29, 1.82) is 0 Å². The van der Waals surface area contributed by atoms with E-state index in [-0.39, 0.29) is 35.2 Å². The number of aliphatic hydroxyl groups is 5. The summed E-state index contributed by atoms with van der Waals surface area (Å²) in [5.74, 6) is 0.940. The number of rotatable bonds is 6. The van der Waals surface area contributed by atoms with Gasteiger partial charge in [0.25, 0.3) is 0 Å². The molecule has 4 aliphatic carbocycles. The Morgan fingerprint density at radius 1 is 1.00 bits per heavy atom. The van der Waals surface area contributed by atoms with Gasteiger partial charge in [-0.15, -0.1) is 0 Å². The summed E-state index contributed by atoms with van der Waals surface area (Å²) in [6.45, 7) is 8.90. The summed E-state index contributed by atoms with van der Waals surface area (Å²) in [5, 5.41) is 48.8. The minimum Gasteiger partial charge on any atom is -0.460 e. The van der Waals surface area contributed by atoms with Crippen LogP contribution >= 0.6 is 0 Å². The summed E-state index contributed by atoms with van der Waals surface area (Å²) in [6.07, 6.45) is -0.495. The maximum Gasteiger partial charge on any atom is 0.338 e. The Hall–Kier alpha value is -1.14. The fourth-order valence-electron chi connectivity index (χ4n) is 10.9. The van der Waals surface area contributed by atoms with E-state index in [0.29, 0.717) is 49.4 Å². The van der Waals surface area contributed by atoms with Crippen LogP contribution in [0.2, 0.25) is 0 Å². The van der Waals surface area contributed by atoms with Crippen molar-refractivity contribution in [3.63, 3.8) is 0 Å². The minimum absolute atomic E-state index is 0.0561. The third-order valence-corrected chi connectivity index (χ3v) is 13.5. The standard InChI is InChI=1S/C33H52O10/c1-16-7-10-33(41-15-16)17(2)26-24(43-33)12-22-20-6-5-18-11-19(42-30(40)29(39)28(38)27(37)23(35)14-34)8-9-31(18,3)21(20)13-25(36)32(22,26)4/h16-24,26-29,34-35,37-39H,5-15H2,1-4H3/t16-,17+,18+,19+,20?,21?,22?,23-,24?,26?,27-,28+,29-,31+,32-,33-/m1/s1. The van der Waals surface area contributed by atoms with E-state index in [1.165, 1.54) is 0 Å². The predicted octanol–water partition coefficient (Wildman–Crippen LogP) is 1.96. The van der Waals surface area contributed by atoms with Gasteiger partial charge in [0.1, 0.15) is 30.2 Å². The lowest BCUT2D eigenvalue weighted by Crippen LogP contribution is -2.58. The average Bonchev–Trinajstić information content (AvgIpc) is 3.44. The maximum absolute atomic E-state index is 14.3. The number of aliphatic hydroxyl groups excluding tert-OH is 5. The van der Waals surface area contributed by atoms with Crippen LogP contribution in [0, 0.1) is 52.3 Å². The van der Waals surface area contributed by atoms with Crippen LogP contribution in [0.4, 0.5) is 0 Å². The van der Waals surface area contributed by atoms with Crippen LogP contribution in [0.5, 0.6) is 0 Å². The van der Waals surface area contributed by atoms with Crippen molar-refractivity contribution in [2.24, 2.45) is 52.3 Å². The van der Waals surface area contributed by atoms with Crippen LogP contribution < -0.4 is 0 Å². The topological polar surface area (TPSA) is 163 Å². The molecule has 0 aromatic heterocycles. The molecule has 2 heterocycles. The van der Waals surface area contributed by atoms with Crippen molar-refractivity contribution < 1.29 is 49.3 Å². The fourth-order valence-corrected chi connectivity index (χ4v) is 10.9. The summed E-state index contributed by atoms with van der Waals surface area (Å²) < 4.78 is 18.8. The number of fused-ring (bicyclic) bond motifs is 7. The second-order valence-electron chi connectivity index (χ2n) is 15.5. The van der Waals surface area contributed by atoms with Crippen molar-refractivity contribution >= 4 is 11.8 Å². The molecule has 10 heteroatoms. The number of carbonyl (C=O) groups is 2. The first-order valence-corrected chi connectivity index (χ1v) is 16.7. The maximum atomic E-state index is 14.3. The largest absolute Gasteiger partial charge is 0.460 e. The Morgan fingerprint density at radius 3 is 2.42 bits per heavy atom. The zero-order valence-corrected chi connectivity index (χ0v) is 26.1. The van der Waals surface area contributed by atoms with E-state index in [4.69, 9.17) is 19.3 Å². The van der Waals surface area contributed by atoms with Crippen LogP contribution in [0.3, 0.4) is 0 Å². The van der Waals surface area contributed by atoms with Crippen molar-refractivity contribution in [3.05, 3.63) is 0 Å². The molecule has 43 heavy (non-hydrogen) atoms. The van der Waals surface area contributed by atoms with Crippen molar-refractivity contribution in [3.8, 4) is 0 Å². The van der Waals surface area contributed by atoms with E-state index in [0.717, 1.165) is 38.5 Å². The molecule has 6 rings (SSSR count). The Balaban J connectivity index is 1.12. The molecule has 6 fully saturated rings. The summed E-state index contributed by atoms with van der Waals surface area (Å²) in [5.41, 5.74) is -0.460. The molecule has 0 bridgehead atoms. The van der Waals surface area contributed by atoms with E-state index < -0.39 is 54.3 Å². The van der Waals surface area contributed by atoms with E-state index >= 15 is 0 Å². The molecule has 0 aromatic carbocycles. The van der Waals surface area contributed by atoms with Gasteiger partial charge in [-0.3, -0.25) is 4.79 Å². The number of ether oxygens (including phenoxy) is 3. The predicted molar refractivity (Wildman–Crippen MR) is 153 cm³/mol. The lowest BCUT2D eigenvalue weighted by Gasteiger charge is -2.60. The van der Waals surface area contributed by atoms with E-state index in [1.807, 2.05) is 0 Å². The van der Waals surface area contributed by atoms with E-state index in [1.54, 1.807) is 0 Å². The number of hydrogen-bond acceptors (Lipinski definition) is 10. The average molecular weight is 609 g/mol. The summed E-state index contributed by atoms with van der Waals surface area (Å²) in [4.78, 5) is 26.9. The summed E-state index contributed by atoms with van der Waals surface area (Å²) in [7, 11) is 0. The van der Waals surface area contributed by atoms with Crippen LogP contribution in [-0.2, 0) is 23.8 Å². The van der Waals surface area contributed by atoms with E-state index in [2.05, 4.69) is 27.7 Å². The number of ketones is 1. The van der Waals surface area contributed by atoms with E-state index in [9.17, 15) is 30.0 Å². The second-order valence-corrected chi connectivity index (χ2v) is 15.5. The number of carbonyl (C=O) groups excluding carboxylic acids is 2. The Labute approximate surface area is 254 Å². The monoisotopic (exact) mass is 608 g/mol. The van der Waals surface area contributed by atoms with Crippen LogP contribution in [0.1, 0.15) is 85.5 Å². The molecule has 0 amide bonds. The number of esters is 1. The Kier molecular flexibility index (Phi) is 8.35. The molecule has 2 saturated heterocycles. The fraction of sp³-hybridized carbons (Fsp3) is 0.939. The van der Waals surface area contributed by atoms with Gasteiger partial charge in [0, 0.05) is 30.1 Å². The molecule has 0 aromatic rings. The second kappa shape index (κ2) is 11.3. The van der Waals surface area contributed by atoms with Crippen molar-refractivity contribution in [2.75, 3.05) is 13.2 Å². The molecule has 244 valence electrons. The third-order valence-electron chi connectivity index (χ3n) is 13.5. The molecule has 0 radical (unpaired) electrons. The van der Waals surface area contributed by atoms with Gasteiger partial charge in [0.2, 0.25) is 0 Å². The first kappa shape index (κ1) is 31.8. The molecule has 1 spiro atoms. The number of hydrogen-bond donors (Lipinski definition) is 5. The molecule has 4 saturated carbocycles. The Morgan fingerprint density at radius 2 is 1.74 bits per heavy atom. The van der Waals surface area contributed by atoms with Gasteiger partial charge in [-0.2, -0.15) is 0 Å². The lowest BCUT2D eigenvalue weighted by atomic mass is 9.44. The molecule has 5 unspecified atom stereocenters. The van der Waals surface area contributed by atoms with Gasteiger partial charge in [0.15, 0.2) is 11.9 Å². The molecule has 5 N–H and O–H groups in total. The quantitative estimate of drug-likeness (QED) is 0.282. The number of Topliss-reactive ketones (excluding diaryl/α,β-unsaturated/α-hetero) is 1. The molecule has 2 aliphatic heterocycles. The highest BCUT2D eigenvalue weighted by molar-refractivity contribution is 5.87. The highest BCUT2D eigenvalue weighted by atomic mass is 16.7. The molecular weight excluding hydrogens is 556 g/mol. The van der Waals surface area contributed by atoms with Crippen LogP contribution in [-0.4, -0.2) is 92.9 Å². The lowest BCUT2D eigenvalue weighted by molar-refractivity contribution is -0.272. The van der Waals surface area contributed by atoms with Gasteiger partial charge < -0.3 is 39.7 Å². The highest BCUT2D eigenvalue weighted by Gasteiger charge is 2.71. The SMILES string of the molecule is C[C@@H]1CC[C@@]2(OC1)OC1CC3C4CC[C@H]5C[C@@H](OC(=O)[C@H](O)[C@@H](O)[C@H](O)[C@H](O)CO)CC[C@]5(C)C4CC(=O)[C@]3(C)C1[C@@H]2C. The van der Waals surface area contributed by atoms with Gasteiger partial charge >= 0.3 is 5.97 Å². The summed E-state index contributed by atoms with van der Waals surface area (Å²) >= 11 is 0. The minimum atomic E-state index is -2.04. The van der Waals surface area contributed by atoms with Crippen molar-refractivity contribution in [2.45, 2.75) is 128 Å². The van der Waals surface area contributed by atoms with Gasteiger partial charge in [-0.1, -0.05) is 27.7 Å². The highest BCUT2D eigenvalue weighted by Crippen LogP contribution is 2.70. The smallest absolute Gasteiger partial charge is 0.338 e.